The molecule has 126 valence electrons. The van der Waals surface area contributed by atoms with E-state index in [-0.39, 0.29) is 5.96 Å². The Kier molecular flexibility index (Phi) is 6.73. The molecule has 5 nitrogen and oxygen atoms in total. The van der Waals surface area contributed by atoms with E-state index < -0.39 is 0 Å². The lowest BCUT2D eigenvalue weighted by molar-refractivity contribution is 0.865. The number of nitrogens with two attached hydrogens (primary N) is 1. The lowest BCUT2D eigenvalue weighted by atomic mass is 10.2. The SMILES string of the molecule is N=C(N)NC(=NCc1ccc(Cl)cc1Cl)NCc1ccc(Cl)cc1. The van der Waals surface area contributed by atoms with Gasteiger partial charge in [0.2, 0.25) is 0 Å². The van der Waals surface area contributed by atoms with Crippen LogP contribution in [0.2, 0.25) is 15.1 Å². The molecule has 0 saturated heterocycles. The number of halogens is 3. The van der Waals surface area contributed by atoms with Crippen LogP contribution in [0, 0.1) is 5.41 Å². The highest BCUT2D eigenvalue weighted by molar-refractivity contribution is 6.35. The zero-order valence-electron chi connectivity index (χ0n) is 12.6. The molecule has 0 spiro atoms. The molecule has 2 aromatic carbocycles. The van der Waals surface area contributed by atoms with Gasteiger partial charge in [-0.25, -0.2) is 4.99 Å². The summed E-state index contributed by atoms with van der Waals surface area (Å²) in [6.07, 6.45) is 0. The molecule has 0 aliphatic rings. The van der Waals surface area contributed by atoms with Crippen molar-refractivity contribution >= 4 is 46.7 Å². The normalized spacial score (nSPS) is 11.2. The highest BCUT2D eigenvalue weighted by Crippen LogP contribution is 2.21. The van der Waals surface area contributed by atoms with Gasteiger partial charge in [-0.05, 0) is 35.4 Å². The monoisotopic (exact) mass is 383 g/mol. The van der Waals surface area contributed by atoms with Crippen molar-refractivity contribution in [2.75, 3.05) is 0 Å². The van der Waals surface area contributed by atoms with E-state index in [4.69, 9.17) is 45.9 Å². The van der Waals surface area contributed by atoms with Crippen molar-refractivity contribution in [3.63, 3.8) is 0 Å². The van der Waals surface area contributed by atoms with Gasteiger partial charge in [0, 0.05) is 21.6 Å². The van der Waals surface area contributed by atoms with E-state index in [1.54, 1.807) is 30.3 Å². The van der Waals surface area contributed by atoms with Gasteiger partial charge in [-0.15, -0.1) is 0 Å². The summed E-state index contributed by atoms with van der Waals surface area (Å²) in [6, 6.07) is 12.6. The van der Waals surface area contributed by atoms with Crippen LogP contribution in [0.3, 0.4) is 0 Å². The van der Waals surface area contributed by atoms with Gasteiger partial charge >= 0.3 is 0 Å². The maximum Gasteiger partial charge on any atom is 0.198 e. The summed E-state index contributed by atoms with van der Waals surface area (Å²) in [5, 5.41) is 14.9. The second kappa shape index (κ2) is 8.78. The third-order valence-electron chi connectivity index (χ3n) is 3.05. The molecular formula is C16H16Cl3N5. The van der Waals surface area contributed by atoms with E-state index in [2.05, 4.69) is 15.6 Å². The minimum Gasteiger partial charge on any atom is -0.370 e. The molecule has 0 radical (unpaired) electrons. The lowest BCUT2D eigenvalue weighted by Crippen LogP contribution is -2.43. The van der Waals surface area contributed by atoms with Gasteiger partial charge in [-0.2, -0.15) is 0 Å². The second-order valence-electron chi connectivity index (χ2n) is 4.92. The fourth-order valence-electron chi connectivity index (χ4n) is 1.87. The van der Waals surface area contributed by atoms with Crippen molar-refractivity contribution in [1.82, 2.24) is 10.6 Å². The van der Waals surface area contributed by atoms with E-state index in [1.165, 1.54) is 0 Å². The van der Waals surface area contributed by atoms with E-state index in [1.807, 2.05) is 12.1 Å². The van der Waals surface area contributed by atoms with Gasteiger partial charge in [0.1, 0.15) is 0 Å². The zero-order valence-corrected chi connectivity index (χ0v) is 14.9. The molecule has 2 rings (SSSR count). The Hall–Kier alpha value is -1.95. The van der Waals surface area contributed by atoms with Crippen LogP contribution in [-0.2, 0) is 13.1 Å². The van der Waals surface area contributed by atoms with E-state index in [0.29, 0.717) is 34.1 Å². The Labute approximate surface area is 155 Å². The number of rotatable bonds is 4. The molecule has 8 heteroatoms. The summed E-state index contributed by atoms with van der Waals surface area (Å²) < 4.78 is 0. The largest absolute Gasteiger partial charge is 0.370 e. The maximum atomic E-state index is 7.37. The van der Waals surface area contributed by atoms with Crippen molar-refractivity contribution < 1.29 is 0 Å². The first-order chi connectivity index (χ1) is 11.4. The number of benzene rings is 2. The highest BCUT2D eigenvalue weighted by atomic mass is 35.5. The summed E-state index contributed by atoms with van der Waals surface area (Å²) in [5.41, 5.74) is 7.22. The third kappa shape index (κ3) is 5.92. The van der Waals surface area contributed by atoms with Crippen molar-refractivity contribution in [3.8, 4) is 0 Å². The van der Waals surface area contributed by atoms with Gasteiger partial charge < -0.3 is 11.1 Å². The Morgan fingerprint density at radius 2 is 1.71 bits per heavy atom. The van der Waals surface area contributed by atoms with Gasteiger partial charge in [0.15, 0.2) is 11.9 Å². The standard InChI is InChI=1S/C16H16Cl3N5/c17-12-4-1-10(2-5-12)8-22-16(24-15(20)21)23-9-11-3-6-13(18)7-14(11)19/h1-7H,8-9H2,(H5,20,21,22,23,24). The summed E-state index contributed by atoms with van der Waals surface area (Å²) in [4.78, 5) is 4.38. The minimum atomic E-state index is -0.209. The number of nitrogens with zero attached hydrogens (tertiary/aromatic N) is 1. The first kappa shape index (κ1) is 18.4. The van der Waals surface area contributed by atoms with Crippen LogP contribution in [0.25, 0.3) is 0 Å². The van der Waals surface area contributed by atoms with Crippen molar-refractivity contribution in [2.24, 2.45) is 10.7 Å². The molecule has 0 saturated carbocycles. The number of aliphatic imine (C=N–C) groups is 1. The Balaban J connectivity index is 2.06. The van der Waals surface area contributed by atoms with E-state index >= 15 is 0 Å². The fourth-order valence-corrected chi connectivity index (χ4v) is 2.46. The van der Waals surface area contributed by atoms with Gasteiger partial charge in [-0.3, -0.25) is 10.7 Å². The second-order valence-corrected chi connectivity index (χ2v) is 6.20. The Bertz CT molecular complexity index is 744. The van der Waals surface area contributed by atoms with Crippen LogP contribution in [0.5, 0.6) is 0 Å². The van der Waals surface area contributed by atoms with Gasteiger partial charge in [-0.1, -0.05) is 53.0 Å². The van der Waals surface area contributed by atoms with Crippen LogP contribution in [-0.4, -0.2) is 11.9 Å². The molecular weight excluding hydrogens is 369 g/mol. The first-order valence-corrected chi connectivity index (χ1v) is 8.15. The van der Waals surface area contributed by atoms with Gasteiger partial charge in [0.25, 0.3) is 0 Å². The molecule has 0 amide bonds. The van der Waals surface area contributed by atoms with E-state index in [0.717, 1.165) is 11.1 Å². The minimum absolute atomic E-state index is 0.209. The van der Waals surface area contributed by atoms with E-state index in [9.17, 15) is 0 Å². The number of hydrogen-bond acceptors (Lipinski definition) is 2. The highest BCUT2D eigenvalue weighted by Gasteiger charge is 2.04. The van der Waals surface area contributed by atoms with Crippen molar-refractivity contribution in [1.29, 1.82) is 5.41 Å². The topological polar surface area (TPSA) is 86.3 Å². The molecule has 24 heavy (non-hydrogen) atoms. The molecule has 5 N–H and O–H groups in total. The molecule has 0 fully saturated rings. The lowest BCUT2D eigenvalue weighted by Gasteiger charge is -2.12. The molecule has 2 aromatic rings. The molecule has 0 aliphatic heterocycles. The maximum absolute atomic E-state index is 7.37. The molecule has 0 heterocycles. The molecule has 0 bridgehead atoms. The predicted molar refractivity (Wildman–Crippen MR) is 101 cm³/mol. The Morgan fingerprint density at radius 3 is 2.33 bits per heavy atom. The van der Waals surface area contributed by atoms with Crippen LogP contribution in [0.1, 0.15) is 11.1 Å². The quantitative estimate of drug-likeness (QED) is 0.478. The van der Waals surface area contributed by atoms with Crippen LogP contribution in [0.15, 0.2) is 47.5 Å². The van der Waals surface area contributed by atoms with Crippen molar-refractivity contribution in [2.45, 2.75) is 13.1 Å². The molecule has 0 aromatic heterocycles. The number of guanidine groups is 2. The number of hydrogen-bond donors (Lipinski definition) is 4. The average molecular weight is 385 g/mol. The first-order valence-electron chi connectivity index (χ1n) is 7.02. The molecule has 0 unspecified atom stereocenters. The molecule has 0 atom stereocenters. The molecule has 0 aliphatic carbocycles. The number of nitrogens with one attached hydrogen (secondary N) is 3. The smallest absolute Gasteiger partial charge is 0.198 e. The average Bonchev–Trinajstić information content (AvgIpc) is 2.52. The summed E-state index contributed by atoms with van der Waals surface area (Å²) >= 11 is 17.9. The van der Waals surface area contributed by atoms with Crippen molar-refractivity contribution in [3.05, 3.63) is 68.7 Å². The predicted octanol–water partition coefficient (Wildman–Crippen LogP) is 3.78. The van der Waals surface area contributed by atoms with Crippen LogP contribution in [0.4, 0.5) is 0 Å². The van der Waals surface area contributed by atoms with Crippen LogP contribution >= 0.6 is 34.8 Å². The summed E-state index contributed by atoms with van der Waals surface area (Å²) in [7, 11) is 0. The van der Waals surface area contributed by atoms with Crippen LogP contribution < -0.4 is 16.4 Å². The zero-order chi connectivity index (χ0) is 17.5. The summed E-state index contributed by atoms with van der Waals surface area (Å²) in [6.45, 7) is 0.823. The summed E-state index contributed by atoms with van der Waals surface area (Å²) in [5.74, 6) is 0.169. The van der Waals surface area contributed by atoms with Gasteiger partial charge in [0.05, 0.1) is 6.54 Å². The third-order valence-corrected chi connectivity index (χ3v) is 3.89. The fraction of sp³-hybridized carbons (Fsp3) is 0.125. The Morgan fingerprint density at radius 1 is 1.04 bits per heavy atom.